The van der Waals surface area contributed by atoms with Gasteiger partial charge in [-0.1, -0.05) is 35.9 Å². The van der Waals surface area contributed by atoms with Gasteiger partial charge < -0.3 is 10.2 Å². The van der Waals surface area contributed by atoms with E-state index in [0.29, 0.717) is 25.5 Å². The van der Waals surface area contributed by atoms with E-state index in [0.717, 1.165) is 11.1 Å². The number of rotatable bonds is 6. The minimum absolute atomic E-state index is 0.0179. The van der Waals surface area contributed by atoms with Gasteiger partial charge in [0.05, 0.1) is 5.92 Å². The summed E-state index contributed by atoms with van der Waals surface area (Å²) in [6.45, 7) is 3.35. The molecule has 3 aromatic rings. The number of hydrogen-bond donors (Lipinski definition) is 1. The Kier molecular flexibility index (Phi) is 5.37. The molecule has 4 rings (SSSR count). The smallest absolute Gasteiger partial charge is 0.225 e. The average molecular weight is 389 g/mol. The van der Waals surface area contributed by atoms with Crippen molar-refractivity contribution in [1.82, 2.24) is 25.0 Å². The van der Waals surface area contributed by atoms with Crippen molar-refractivity contribution in [2.75, 3.05) is 6.54 Å². The first-order valence-corrected chi connectivity index (χ1v) is 9.65. The van der Waals surface area contributed by atoms with E-state index >= 15 is 0 Å². The lowest BCUT2D eigenvalue weighted by Gasteiger charge is -2.17. The second-order valence-corrected chi connectivity index (χ2v) is 7.32. The predicted octanol–water partition coefficient (Wildman–Crippen LogP) is 2.24. The maximum Gasteiger partial charge on any atom is 0.225 e. The Morgan fingerprint density at radius 3 is 2.76 bits per heavy atom. The van der Waals surface area contributed by atoms with Crippen molar-refractivity contribution in [3.8, 4) is 5.82 Å². The van der Waals surface area contributed by atoms with Gasteiger partial charge in [-0.15, -0.1) is 0 Å². The second-order valence-electron chi connectivity index (χ2n) is 7.32. The first-order chi connectivity index (χ1) is 14.1. The summed E-state index contributed by atoms with van der Waals surface area (Å²) in [7, 11) is 0. The third-order valence-corrected chi connectivity index (χ3v) is 5.12. The van der Waals surface area contributed by atoms with Crippen molar-refractivity contribution in [2.45, 2.75) is 26.4 Å². The third-order valence-electron chi connectivity index (χ3n) is 5.12. The molecule has 1 aliphatic heterocycles. The molecule has 0 bridgehead atoms. The molecule has 1 atom stereocenters. The fourth-order valence-electron chi connectivity index (χ4n) is 3.51. The Morgan fingerprint density at radius 1 is 1.17 bits per heavy atom. The fourth-order valence-corrected chi connectivity index (χ4v) is 3.51. The Balaban J connectivity index is 1.36. The number of nitrogens with one attached hydrogen (secondary N) is 1. The summed E-state index contributed by atoms with van der Waals surface area (Å²) in [4.78, 5) is 31.2. The second kappa shape index (κ2) is 8.26. The van der Waals surface area contributed by atoms with Crippen LogP contribution in [0, 0.1) is 12.8 Å². The number of aromatic nitrogens is 3. The van der Waals surface area contributed by atoms with Crippen LogP contribution in [0.4, 0.5) is 0 Å². The van der Waals surface area contributed by atoms with Crippen molar-refractivity contribution in [3.05, 3.63) is 77.7 Å². The Bertz CT molecular complexity index is 998. The summed E-state index contributed by atoms with van der Waals surface area (Å²) >= 11 is 0. The van der Waals surface area contributed by atoms with Crippen molar-refractivity contribution in [1.29, 1.82) is 0 Å². The Labute approximate surface area is 169 Å². The molecule has 29 heavy (non-hydrogen) atoms. The molecule has 0 saturated carbocycles. The van der Waals surface area contributed by atoms with Crippen molar-refractivity contribution in [2.24, 2.45) is 5.92 Å². The lowest BCUT2D eigenvalue weighted by Crippen LogP contribution is -2.32. The predicted molar refractivity (Wildman–Crippen MR) is 108 cm³/mol. The van der Waals surface area contributed by atoms with E-state index in [1.165, 1.54) is 5.56 Å². The van der Waals surface area contributed by atoms with E-state index < -0.39 is 0 Å². The van der Waals surface area contributed by atoms with Gasteiger partial charge in [-0.05, 0) is 24.6 Å². The first-order valence-electron chi connectivity index (χ1n) is 9.65. The van der Waals surface area contributed by atoms with E-state index in [9.17, 15) is 9.59 Å². The fraction of sp³-hybridized carbons (Fsp3) is 0.273. The summed E-state index contributed by atoms with van der Waals surface area (Å²) in [6, 6.07) is 13.7. The van der Waals surface area contributed by atoms with Crippen molar-refractivity contribution in [3.63, 3.8) is 0 Å². The molecule has 0 spiro atoms. The molecule has 1 aromatic carbocycles. The van der Waals surface area contributed by atoms with E-state index in [2.05, 4.69) is 15.4 Å². The number of amides is 2. The molecule has 2 amide bonds. The van der Waals surface area contributed by atoms with Gasteiger partial charge in [0.25, 0.3) is 0 Å². The topological polar surface area (TPSA) is 80.1 Å². The number of carbonyl (C=O) groups is 2. The molecule has 0 radical (unpaired) electrons. The zero-order chi connectivity index (χ0) is 20.2. The van der Waals surface area contributed by atoms with Crippen LogP contribution in [0.1, 0.15) is 23.1 Å². The van der Waals surface area contributed by atoms with E-state index in [-0.39, 0.29) is 24.2 Å². The van der Waals surface area contributed by atoms with Gasteiger partial charge in [-0.25, -0.2) is 9.67 Å². The van der Waals surface area contributed by atoms with Crippen LogP contribution in [-0.2, 0) is 22.7 Å². The molecule has 0 aliphatic carbocycles. The number of benzene rings is 1. The maximum absolute atomic E-state index is 12.7. The van der Waals surface area contributed by atoms with E-state index in [1.54, 1.807) is 22.0 Å². The number of nitrogens with zero attached hydrogens (tertiary/aromatic N) is 4. The van der Waals surface area contributed by atoms with Gasteiger partial charge in [-0.3, -0.25) is 9.59 Å². The monoisotopic (exact) mass is 389 g/mol. The molecular formula is C22H23N5O2. The van der Waals surface area contributed by atoms with Gasteiger partial charge in [0.1, 0.15) is 0 Å². The standard InChI is InChI=1S/C22H23N5O2/c1-16-5-7-17(8-6-16)14-26-15-19(12-20(26)28)22(29)24-13-18-4-2-9-23-21(18)27-11-3-10-25-27/h2-11,19H,12-15H2,1H3,(H,24,29). The molecule has 1 unspecified atom stereocenters. The summed E-state index contributed by atoms with van der Waals surface area (Å²) in [5.74, 6) is 0.253. The Morgan fingerprint density at radius 2 is 2.00 bits per heavy atom. The van der Waals surface area contributed by atoms with Crippen LogP contribution in [0.25, 0.3) is 5.82 Å². The molecule has 2 aromatic heterocycles. The normalized spacial score (nSPS) is 16.2. The molecular weight excluding hydrogens is 366 g/mol. The SMILES string of the molecule is Cc1ccc(CN2CC(C(=O)NCc3cccnc3-n3cccn3)CC2=O)cc1. The zero-order valence-corrected chi connectivity index (χ0v) is 16.3. The minimum atomic E-state index is -0.335. The Hall–Kier alpha value is -3.48. The van der Waals surface area contributed by atoms with Gasteiger partial charge in [0.15, 0.2) is 5.82 Å². The van der Waals surface area contributed by atoms with Crippen LogP contribution in [0.5, 0.6) is 0 Å². The molecule has 3 heterocycles. The summed E-state index contributed by atoms with van der Waals surface area (Å²) in [5, 5.41) is 7.16. The minimum Gasteiger partial charge on any atom is -0.352 e. The highest BCUT2D eigenvalue weighted by molar-refractivity contribution is 5.89. The van der Waals surface area contributed by atoms with E-state index in [1.807, 2.05) is 55.6 Å². The number of aryl methyl sites for hydroxylation is 1. The van der Waals surface area contributed by atoms with Crippen LogP contribution in [0.15, 0.2) is 61.1 Å². The molecule has 1 saturated heterocycles. The summed E-state index contributed by atoms with van der Waals surface area (Å²) in [5.41, 5.74) is 3.12. The molecule has 148 valence electrons. The van der Waals surface area contributed by atoms with Gasteiger partial charge in [0.2, 0.25) is 11.8 Å². The molecule has 7 nitrogen and oxygen atoms in total. The average Bonchev–Trinajstić information content (AvgIpc) is 3.39. The highest BCUT2D eigenvalue weighted by atomic mass is 16.2. The molecule has 1 aliphatic rings. The molecule has 1 fully saturated rings. The zero-order valence-electron chi connectivity index (χ0n) is 16.3. The van der Waals surface area contributed by atoms with Gasteiger partial charge in [-0.2, -0.15) is 5.10 Å². The first kappa shape index (κ1) is 18.9. The van der Waals surface area contributed by atoms with Gasteiger partial charge >= 0.3 is 0 Å². The summed E-state index contributed by atoms with van der Waals surface area (Å²) < 4.78 is 1.67. The van der Waals surface area contributed by atoms with Gasteiger partial charge in [0, 0.05) is 50.2 Å². The summed E-state index contributed by atoms with van der Waals surface area (Å²) in [6.07, 6.45) is 5.44. The lowest BCUT2D eigenvalue weighted by molar-refractivity contribution is -0.129. The van der Waals surface area contributed by atoms with Crippen molar-refractivity contribution >= 4 is 11.8 Å². The van der Waals surface area contributed by atoms with Crippen LogP contribution < -0.4 is 5.32 Å². The highest BCUT2D eigenvalue weighted by Crippen LogP contribution is 2.21. The van der Waals surface area contributed by atoms with Crippen LogP contribution in [0.2, 0.25) is 0 Å². The third kappa shape index (κ3) is 4.34. The molecule has 7 heteroatoms. The lowest BCUT2D eigenvalue weighted by atomic mass is 10.1. The number of carbonyl (C=O) groups excluding carboxylic acids is 2. The van der Waals surface area contributed by atoms with Crippen molar-refractivity contribution < 1.29 is 9.59 Å². The van der Waals surface area contributed by atoms with Crippen LogP contribution in [0.3, 0.4) is 0 Å². The highest BCUT2D eigenvalue weighted by Gasteiger charge is 2.34. The maximum atomic E-state index is 12.7. The number of hydrogen-bond acceptors (Lipinski definition) is 4. The number of pyridine rings is 1. The van der Waals surface area contributed by atoms with Crippen LogP contribution in [-0.4, -0.2) is 38.0 Å². The largest absolute Gasteiger partial charge is 0.352 e. The quantitative estimate of drug-likeness (QED) is 0.701. The molecule has 1 N–H and O–H groups in total. The number of likely N-dealkylation sites (tertiary alicyclic amines) is 1. The van der Waals surface area contributed by atoms with Crippen LogP contribution >= 0.6 is 0 Å². The van der Waals surface area contributed by atoms with E-state index in [4.69, 9.17) is 0 Å².